The Morgan fingerprint density at radius 3 is 2.06 bits per heavy atom. The molecule has 1 aliphatic rings. The van der Waals surface area contributed by atoms with Crippen LogP contribution in [-0.4, -0.2) is 130 Å². The van der Waals surface area contributed by atoms with Gasteiger partial charge in [-0.1, -0.05) is 6.92 Å². The number of phosphoric acid groups is 1. The van der Waals surface area contributed by atoms with Gasteiger partial charge in [-0.2, -0.15) is 5.26 Å². The van der Waals surface area contributed by atoms with E-state index in [1.54, 1.807) is 6.07 Å². The summed E-state index contributed by atoms with van der Waals surface area (Å²) in [6.45, 7) is 1.22. The predicted molar refractivity (Wildman–Crippen MR) is 206 cm³/mol. The Kier molecular flexibility index (Phi) is 19.2. The largest absolute Gasteiger partial charge is 0.481 e. The van der Waals surface area contributed by atoms with Crippen LogP contribution in [0.4, 0.5) is 5.82 Å². The first kappa shape index (κ1) is 51.6. The molecule has 29 heteroatoms. The van der Waals surface area contributed by atoms with Gasteiger partial charge in [-0.3, -0.25) is 37.9 Å². The maximum absolute atomic E-state index is 13.8. The SMILES string of the molecule is COC(OP(=O)(O)OP(=S)(OCCC#N)OCC1OC(n2cnc3c(N)ncnc32)C(OC(C)=O)C1OC(C)=O)C(OC(C)=O)C(OC(C)=O)C(OC(C)=O)C(C)COC(C)=O. The number of hydrogen-bond acceptors (Lipinski definition) is 25. The van der Waals surface area contributed by atoms with E-state index in [0.29, 0.717) is 0 Å². The quantitative estimate of drug-likeness (QED) is 0.0523. The number of carbonyl (C=O) groups is 6. The molecule has 2 aromatic heterocycles. The normalized spacial score (nSPS) is 21.7. The number of nitriles is 1. The lowest BCUT2D eigenvalue weighted by Crippen LogP contribution is -2.54. The third kappa shape index (κ3) is 15.0. The molecule has 3 heterocycles. The van der Waals surface area contributed by atoms with Crippen molar-refractivity contribution in [2.45, 2.75) is 104 Å². The molecule has 3 N–H and O–H groups in total. The van der Waals surface area contributed by atoms with Crippen molar-refractivity contribution < 1.29 is 94.0 Å². The summed E-state index contributed by atoms with van der Waals surface area (Å²) in [5.41, 5.74) is 6.22. The monoisotopic (exact) mass is 940 g/mol. The minimum Gasteiger partial charge on any atom is -0.465 e. The molecule has 0 spiro atoms. The Labute approximate surface area is 358 Å². The molecule has 0 radical (unpaired) electrons. The van der Waals surface area contributed by atoms with Gasteiger partial charge in [-0.15, -0.1) is 0 Å². The fourth-order valence-corrected chi connectivity index (χ4v) is 9.66. The Morgan fingerprint density at radius 1 is 0.903 bits per heavy atom. The summed E-state index contributed by atoms with van der Waals surface area (Å²) >= 11 is 5.45. The number of hydrogen-bond donors (Lipinski definition) is 2. The number of nitrogens with two attached hydrogens (primary N) is 1. The van der Waals surface area contributed by atoms with Gasteiger partial charge in [-0.05, 0) is 11.8 Å². The van der Waals surface area contributed by atoms with Crippen LogP contribution in [0.3, 0.4) is 0 Å². The molecule has 1 saturated heterocycles. The molecule has 0 saturated carbocycles. The maximum Gasteiger partial charge on any atom is 0.481 e. The number of fused-ring (bicyclic) bond motifs is 1. The molecular formula is C33H46N6O20P2S. The first-order chi connectivity index (χ1) is 29.0. The number of esters is 6. The van der Waals surface area contributed by atoms with Crippen molar-refractivity contribution in [3.05, 3.63) is 12.7 Å². The minimum absolute atomic E-state index is 0.00466. The minimum atomic E-state index is -5.68. The highest BCUT2D eigenvalue weighted by molar-refractivity contribution is 8.08. The number of aromatic nitrogens is 4. The number of nitrogens with zero attached hydrogens (tertiary/aromatic N) is 5. The highest BCUT2D eigenvalue weighted by Crippen LogP contribution is 2.64. The fraction of sp³-hybridized carbons (Fsp3) is 0.636. The fourth-order valence-electron chi connectivity index (χ4n) is 5.76. The van der Waals surface area contributed by atoms with E-state index in [9.17, 15) is 43.5 Å². The number of imidazole rings is 1. The summed E-state index contributed by atoms with van der Waals surface area (Å²) in [4.78, 5) is 96.7. The molecule has 62 heavy (non-hydrogen) atoms. The molecule has 3 rings (SSSR count). The number of rotatable bonds is 23. The summed E-state index contributed by atoms with van der Waals surface area (Å²) in [5.74, 6) is -6.39. The first-order valence-corrected chi connectivity index (χ1v) is 22.2. The van der Waals surface area contributed by atoms with Crippen LogP contribution in [0.25, 0.3) is 11.2 Å². The van der Waals surface area contributed by atoms with E-state index in [1.807, 2.05) is 0 Å². The molecule has 1 aliphatic heterocycles. The lowest BCUT2D eigenvalue weighted by atomic mass is 9.95. The molecule has 0 aromatic carbocycles. The van der Waals surface area contributed by atoms with E-state index in [2.05, 4.69) is 15.0 Å². The van der Waals surface area contributed by atoms with E-state index >= 15 is 0 Å². The second-order valence-electron chi connectivity index (χ2n) is 13.0. The van der Waals surface area contributed by atoms with Gasteiger partial charge in [0, 0.05) is 54.6 Å². The lowest BCUT2D eigenvalue weighted by molar-refractivity contribution is -0.223. The standard InChI is InChI=1S/C33H46N6O20P2S/c1-16(12-49-17(2)40)25(52-18(3)41)27(54-20(5)43)29(56-22(7)45)33(48-8)58-60(46,47)59-61(62,50-11-9-10-34)51-13-23-26(53-19(4)42)28(55-21(6)44)32(57-23)39-15-38-24-30(35)36-14-37-31(24)39/h14-16,23,25-29,32-33H,9,11-13H2,1-8H3,(H,46,47)(H2,35,36,37). The van der Waals surface area contributed by atoms with Crippen molar-refractivity contribution in [1.29, 1.82) is 5.26 Å². The highest BCUT2D eigenvalue weighted by Gasteiger charge is 2.52. The number of nitrogen functional groups attached to an aromatic ring is 1. The van der Waals surface area contributed by atoms with Crippen LogP contribution >= 0.6 is 14.5 Å². The van der Waals surface area contributed by atoms with E-state index in [1.165, 1.54) is 17.8 Å². The predicted octanol–water partition coefficient (Wildman–Crippen LogP) is 1.44. The summed E-state index contributed by atoms with van der Waals surface area (Å²) < 4.78 is 80.6. The molecular weight excluding hydrogens is 894 g/mol. The molecule has 2 aromatic rings. The van der Waals surface area contributed by atoms with Crippen LogP contribution < -0.4 is 5.73 Å². The number of carbonyl (C=O) groups excluding carboxylic acids is 6. The molecule has 344 valence electrons. The van der Waals surface area contributed by atoms with Gasteiger partial charge in [0.2, 0.25) is 6.29 Å². The van der Waals surface area contributed by atoms with Gasteiger partial charge in [-0.25, -0.2) is 23.8 Å². The number of phosphoric ester groups is 1. The van der Waals surface area contributed by atoms with Crippen LogP contribution in [0.1, 0.15) is 61.1 Å². The summed E-state index contributed by atoms with van der Waals surface area (Å²) in [5, 5.41) is 9.18. The Hall–Kier alpha value is -4.74. The van der Waals surface area contributed by atoms with Crippen LogP contribution in [0.5, 0.6) is 0 Å². The molecule has 11 unspecified atom stereocenters. The van der Waals surface area contributed by atoms with Gasteiger partial charge in [0.1, 0.15) is 24.1 Å². The Balaban J connectivity index is 2.01. The van der Waals surface area contributed by atoms with E-state index in [4.69, 9.17) is 73.3 Å². The topological polar surface area (TPSA) is 344 Å². The van der Waals surface area contributed by atoms with Crippen molar-refractivity contribution in [2.24, 2.45) is 5.92 Å². The summed E-state index contributed by atoms with van der Waals surface area (Å²) in [6, 6.07) is 1.78. The Bertz CT molecular complexity index is 2090. The first-order valence-electron chi connectivity index (χ1n) is 18.1. The average Bonchev–Trinajstić information content (AvgIpc) is 3.73. The van der Waals surface area contributed by atoms with Gasteiger partial charge < -0.3 is 57.6 Å². The van der Waals surface area contributed by atoms with Crippen LogP contribution in [-0.2, 0) is 101 Å². The zero-order valence-corrected chi connectivity index (χ0v) is 37.1. The van der Waals surface area contributed by atoms with Crippen LogP contribution in [0, 0.1) is 17.2 Å². The zero-order chi connectivity index (χ0) is 46.5. The third-order valence-electron chi connectivity index (χ3n) is 8.02. The number of anilines is 1. The molecule has 0 amide bonds. The van der Waals surface area contributed by atoms with Gasteiger partial charge >= 0.3 is 50.4 Å². The lowest BCUT2D eigenvalue weighted by Gasteiger charge is -2.37. The van der Waals surface area contributed by atoms with Crippen molar-refractivity contribution in [3.8, 4) is 6.07 Å². The molecule has 11 atom stereocenters. The second-order valence-corrected chi connectivity index (χ2v) is 17.6. The van der Waals surface area contributed by atoms with Crippen molar-refractivity contribution in [2.75, 3.05) is 32.7 Å². The molecule has 0 bridgehead atoms. The molecule has 1 fully saturated rings. The molecule has 26 nitrogen and oxygen atoms in total. The van der Waals surface area contributed by atoms with Crippen molar-refractivity contribution >= 4 is 79.1 Å². The van der Waals surface area contributed by atoms with E-state index in [0.717, 1.165) is 55.0 Å². The summed E-state index contributed by atoms with van der Waals surface area (Å²) in [6.07, 6.45) is -11.2. The van der Waals surface area contributed by atoms with Crippen molar-refractivity contribution in [3.63, 3.8) is 0 Å². The average molecular weight is 941 g/mol. The number of methoxy groups -OCH3 is 1. The van der Waals surface area contributed by atoms with Crippen molar-refractivity contribution in [1.82, 2.24) is 19.5 Å². The van der Waals surface area contributed by atoms with Crippen LogP contribution in [0.2, 0.25) is 0 Å². The van der Waals surface area contributed by atoms with Gasteiger partial charge in [0.25, 0.3) is 0 Å². The summed E-state index contributed by atoms with van der Waals surface area (Å²) in [7, 11) is -4.76. The van der Waals surface area contributed by atoms with E-state index < -0.39 is 125 Å². The Morgan fingerprint density at radius 2 is 1.50 bits per heavy atom. The zero-order valence-electron chi connectivity index (χ0n) is 34.5. The van der Waals surface area contributed by atoms with Gasteiger partial charge in [0.05, 0.1) is 38.6 Å². The third-order valence-corrected chi connectivity index (χ3v) is 12.3. The highest BCUT2D eigenvalue weighted by atomic mass is 32.5. The molecule has 0 aliphatic carbocycles. The number of ether oxygens (including phenoxy) is 8. The smallest absolute Gasteiger partial charge is 0.465 e. The van der Waals surface area contributed by atoms with Gasteiger partial charge in [0.15, 0.2) is 42.1 Å². The second kappa shape index (κ2) is 23.1. The van der Waals surface area contributed by atoms with E-state index in [-0.39, 0.29) is 23.4 Å². The maximum atomic E-state index is 13.8. The van der Waals surface area contributed by atoms with Crippen LogP contribution in [0.15, 0.2) is 12.7 Å².